The van der Waals surface area contributed by atoms with E-state index in [0.29, 0.717) is 24.4 Å². The van der Waals surface area contributed by atoms with Crippen molar-refractivity contribution >= 4 is 11.9 Å². The van der Waals surface area contributed by atoms with Gasteiger partial charge >= 0.3 is 0 Å². The second-order valence-corrected chi connectivity index (χ2v) is 4.21. The minimum absolute atomic E-state index is 0.0269. The molecule has 2 rings (SSSR count). The first-order valence-corrected chi connectivity index (χ1v) is 6.62. The molecule has 0 aliphatic heterocycles. The van der Waals surface area contributed by atoms with Crippen LogP contribution >= 0.6 is 0 Å². The van der Waals surface area contributed by atoms with Gasteiger partial charge in [0.25, 0.3) is 0 Å². The molecule has 8 nitrogen and oxygen atoms in total. The molecule has 0 aromatic carbocycles. The minimum Gasteiger partial charge on any atom is -0.394 e. The molecule has 20 heavy (non-hydrogen) atoms. The van der Waals surface area contributed by atoms with Gasteiger partial charge in [-0.15, -0.1) is 0 Å². The molecule has 2 aromatic heterocycles. The first-order valence-electron chi connectivity index (χ1n) is 6.62. The van der Waals surface area contributed by atoms with E-state index in [1.54, 1.807) is 23.3 Å². The highest BCUT2D eigenvalue weighted by Crippen LogP contribution is 2.10. The molecule has 0 saturated heterocycles. The van der Waals surface area contributed by atoms with Crippen LogP contribution in [-0.4, -0.2) is 48.8 Å². The predicted molar refractivity (Wildman–Crippen MR) is 75.9 cm³/mol. The van der Waals surface area contributed by atoms with Gasteiger partial charge in [0, 0.05) is 18.9 Å². The lowest BCUT2D eigenvalue weighted by Crippen LogP contribution is -2.24. The van der Waals surface area contributed by atoms with Crippen molar-refractivity contribution in [2.24, 2.45) is 0 Å². The van der Waals surface area contributed by atoms with Gasteiger partial charge in [0.1, 0.15) is 6.33 Å². The Hall–Kier alpha value is -2.22. The van der Waals surface area contributed by atoms with E-state index in [-0.39, 0.29) is 12.6 Å². The predicted octanol–water partition coefficient (Wildman–Crippen LogP) is 0.672. The molecule has 0 aliphatic rings. The SMILES string of the molecule is CCNc1nc(NC(CC)CO)nc(-n2ccnc2)n1. The Morgan fingerprint density at radius 3 is 2.65 bits per heavy atom. The van der Waals surface area contributed by atoms with Gasteiger partial charge in [-0.05, 0) is 13.3 Å². The molecule has 1 atom stereocenters. The Balaban J connectivity index is 2.31. The molecule has 0 fully saturated rings. The quantitative estimate of drug-likeness (QED) is 0.683. The van der Waals surface area contributed by atoms with E-state index < -0.39 is 0 Å². The third-order valence-corrected chi connectivity index (χ3v) is 2.74. The summed E-state index contributed by atoms with van der Waals surface area (Å²) in [6, 6.07) is -0.0810. The average Bonchev–Trinajstić information content (AvgIpc) is 2.99. The van der Waals surface area contributed by atoms with Crippen molar-refractivity contribution in [2.45, 2.75) is 26.3 Å². The highest BCUT2D eigenvalue weighted by atomic mass is 16.3. The van der Waals surface area contributed by atoms with Gasteiger partial charge in [-0.2, -0.15) is 15.0 Å². The van der Waals surface area contributed by atoms with Crippen LogP contribution in [0.3, 0.4) is 0 Å². The van der Waals surface area contributed by atoms with Crippen LogP contribution in [0.1, 0.15) is 20.3 Å². The maximum atomic E-state index is 9.25. The standard InChI is InChI=1S/C12H19N7O/c1-3-9(7-20)15-11-16-10(14-4-2)17-12(18-11)19-6-5-13-8-19/h5-6,8-9,20H,3-4,7H2,1-2H3,(H2,14,15,16,17,18). The summed E-state index contributed by atoms with van der Waals surface area (Å²) in [7, 11) is 0. The third kappa shape index (κ3) is 3.41. The fraction of sp³-hybridized carbons (Fsp3) is 0.500. The largest absolute Gasteiger partial charge is 0.394 e. The molecule has 0 saturated carbocycles. The molecule has 0 amide bonds. The van der Waals surface area contributed by atoms with Crippen molar-refractivity contribution in [2.75, 3.05) is 23.8 Å². The molecule has 2 aromatic rings. The molecule has 1 unspecified atom stereocenters. The molecule has 8 heteroatoms. The Labute approximate surface area is 117 Å². The zero-order valence-corrected chi connectivity index (χ0v) is 11.6. The third-order valence-electron chi connectivity index (χ3n) is 2.74. The van der Waals surface area contributed by atoms with E-state index in [0.717, 1.165) is 6.42 Å². The summed E-state index contributed by atoms with van der Waals surface area (Å²) in [6.45, 7) is 4.69. The Kier molecular flexibility index (Phi) is 4.83. The summed E-state index contributed by atoms with van der Waals surface area (Å²) in [6.07, 6.45) is 5.82. The number of aliphatic hydroxyl groups excluding tert-OH is 1. The lowest BCUT2D eigenvalue weighted by molar-refractivity contribution is 0.271. The summed E-state index contributed by atoms with van der Waals surface area (Å²) in [5.41, 5.74) is 0. The van der Waals surface area contributed by atoms with Crippen molar-refractivity contribution in [1.82, 2.24) is 24.5 Å². The van der Waals surface area contributed by atoms with Crippen LogP contribution in [0, 0.1) is 0 Å². The lowest BCUT2D eigenvalue weighted by Gasteiger charge is -2.15. The van der Waals surface area contributed by atoms with E-state index in [2.05, 4.69) is 30.6 Å². The summed E-state index contributed by atoms with van der Waals surface area (Å²) in [5.74, 6) is 1.39. The summed E-state index contributed by atoms with van der Waals surface area (Å²) in [5, 5.41) is 15.4. The average molecular weight is 277 g/mol. The highest BCUT2D eigenvalue weighted by molar-refractivity contribution is 5.38. The fourth-order valence-corrected chi connectivity index (χ4v) is 1.62. The van der Waals surface area contributed by atoms with Gasteiger partial charge < -0.3 is 15.7 Å². The van der Waals surface area contributed by atoms with Crippen LogP contribution in [0.5, 0.6) is 0 Å². The number of aliphatic hydroxyl groups is 1. The molecule has 2 heterocycles. The van der Waals surface area contributed by atoms with Crippen LogP contribution in [-0.2, 0) is 0 Å². The first-order chi connectivity index (χ1) is 9.76. The number of rotatable bonds is 7. The van der Waals surface area contributed by atoms with Crippen LogP contribution in [0.4, 0.5) is 11.9 Å². The molecular formula is C12H19N7O. The topological polar surface area (TPSA) is 101 Å². The minimum atomic E-state index is -0.0810. The van der Waals surface area contributed by atoms with E-state index in [1.807, 2.05) is 13.8 Å². The zero-order chi connectivity index (χ0) is 14.4. The zero-order valence-electron chi connectivity index (χ0n) is 11.6. The van der Waals surface area contributed by atoms with Gasteiger partial charge in [-0.1, -0.05) is 6.92 Å². The first kappa shape index (κ1) is 14.2. The number of anilines is 2. The highest BCUT2D eigenvalue weighted by Gasteiger charge is 2.11. The Bertz CT molecular complexity index is 525. The van der Waals surface area contributed by atoms with Crippen molar-refractivity contribution in [3.63, 3.8) is 0 Å². The van der Waals surface area contributed by atoms with Gasteiger partial charge in [-0.25, -0.2) is 4.98 Å². The summed E-state index contributed by atoms with van der Waals surface area (Å²) < 4.78 is 1.70. The van der Waals surface area contributed by atoms with E-state index >= 15 is 0 Å². The van der Waals surface area contributed by atoms with Crippen molar-refractivity contribution in [3.05, 3.63) is 18.7 Å². The Morgan fingerprint density at radius 2 is 2.05 bits per heavy atom. The second kappa shape index (κ2) is 6.80. The molecule has 0 aliphatic carbocycles. The smallest absolute Gasteiger partial charge is 0.241 e. The van der Waals surface area contributed by atoms with E-state index in [1.165, 1.54) is 0 Å². The maximum Gasteiger partial charge on any atom is 0.241 e. The Morgan fingerprint density at radius 1 is 1.25 bits per heavy atom. The number of hydrogen-bond donors (Lipinski definition) is 3. The monoisotopic (exact) mass is 277 g/mol. The van der Waals surface area contributed by atoms with Crippen LogP contribution in [0.25, 0.3) is 5.95 Å². The number of nitrogens with one attached hydrogen (secondary N) is 2. The van der Waals surface area contributed by atoms with Gasteiger partial charge in [0.15, 0.2) is 0 Å². The molecule has 0 spiro atoms. The number of nitrogens with zero attached hydrogens (tertiary/aromatic N) is 5. The molecule has 3 N–H and O–H groups in total. The molecule has 0 bridgehead atoms. The molecule has 108 valence electrons. The second-order valence-electron chi connectivity index (χ2n) is 4.21. The summed E-state index contributed by atoms with van der Waals surface area (Å²) >= 11 is 0. The van der Waals surface area contributed by atoms with Gasteiger partial charge in [0.05, 0.1) is 12.6 Å². The molecule has 0 radical (unpaired) electrons. The number of imidazole rings is 1. The van der Waals surface area contributed by atoms with Crippen molar-refractivity contribution < 1.29 is 5.11 Å². The number of hydrogen-bond acceptors (Lipinski definition) is 7. The number of aromatic nitrogens is 5. The van der Waals surface area contributed by atoms with Crippen LogP contribution in [0.2, 0.25) is 0 Å². The van der Waals surface area contributed by atoms with Crippen molar-refractivity contribution in [3.8, 4) is 5.95 Å². The van der Waals surface area contributed by atoms with Crippen molar-refractivity contribution in [1.29, 1.82) is 0 Å². The summed E-state index contributed by atoms with van der Waals surface area (Å²) in [4.78, 5) is 16.9. The van der Waals surface area contributed by atoms with Crippen LogP contribution in [0.15, 0.2) is 18.7 Å². The van der Waals surface area contributed by atoms with Gasteiger partial charge in [0.2, 0.25) is 17.8 Å². The lowest BCUT2D eigenvalue weighted by atomic mass is 10.2. The van der Waals surface area contributed by atoms with Crippen LogP contribution < -0.4 is 10.6 Å². The van der Waals surface area contributed by atoms with E-state index in [4.69, 9.17) is 0 Å². The normalized spacial score (nSPS) is 12.2. The maximum absolute atomic E-state index is 9.25. The fourth-order valence-electron chi connectivity index (χ4n) is 1.62. The molecular weight excluding hydrogens is 258 g/mol. The van der Waals surface area contributed by atoms with Gasteiger partial charge in [-0.3, -0.25) is 4.57 Å². The van der Waals surface area contributed by atoms with E-state index in [9.17, 15) is 5.11 Å².